The van der Waals surface area contributed by atoms with Crippen molar-refractivity contribution in [2.75, 3.05) is 0 Å². The van der Waals surface area contributed by atoms with Gasteiger partial charge in [0.1, 0.15) is 11.5 Å². The van der Waals surface area contributed by atoms with E-state index in [2.05, 4.69) is 55.4 Å². The van der Waals surface area contributed by atoms with Crippen molar-refractivity contribution in [3.05, 3.63) is 59.2 Å². The van der Waals surface area contributed by atoms with Crippen LogP contribution in [-0.2, 0) is 10.8 Å². The van der Waals surface area contributed by atoms with E-state index < -0.39 is 0 Å². The molecule has 0 saturated heterocycles. The first-order valence-electron chi connectivity index (χ1n) is 9.49. The Kier molecular flexibility index (Phi) is 7.32. The largest absolute Gasteiger partial charge is 0.508 e. The van der Waals surface area contributed by atoms with Crippen LogP contribution < -0.4 is 0 Å². The molecule has 1 unspecified atom stereocenters. The highest BCUT2D eigenvalue weighted by Gasteiger charge is 2.24. The summed E-state index contributed by atoms with van der Waals surface area (Å²) in [5, 5.41) is 19.3. The fourth-order valence-corrected chi connectivity index (χ4v) is 2.79. The molecule has 2 N–H and O–H groups in total. The fraction of sp³-hybridized carbons (Fsp3) is 0.500. The van der Waals surface area contributed by atoms with Crippen LogP contribution >= 0.6 is 0 Å². The average molecular weight is 357 g/mol. The standard InChI is InChI=1S/C14H22O.C10H14O/c1-13(2,3)10-8-7-9-11(12(10)15)14(4,5)6;1-3-8(2)9-4-6-10(11)7-5-9/h7-9,15H,1-6H3;4-8,11H,3H2,1-2H3. The van der Waals surface area contributed by atoms with Gasteiger partial charge in [0.2, 0.25) is 0 Å². The number of aromatic hydroxyl groups is 2. The summed E-state index contributed by atoms with van der Waals surface area (Å²) in [5.74, 6) is 1.39. The Morgan fingerprint density at radius 3 is 1.54 bits per heavy atom. The molecule has 26 heavy (non-hydrogen) atoms. The van der Waals surface area contributed by atoms with E-state index in [1.54, 1.807) is 12.1 Å². The van der Waals surface area contributed by atoms with Crippen molar-refractivity contribution in [2.45, 2.75) is 78.6 Å². The van der Waals surface area contributed by atoms with Gasteiger partial charge in [-0.05, 0) is 52.0 Å². The van der Waals surface area contributed by atoms with Gasteiger partial charge >= 0.3 is 0 Å². The van der Waals surface area contributed by atoms with Crippen molar-refractivity contribution in [3.63, 3.8) is 0 Å². The van der Waals surface area contributed by atoms with E-state index >= 15 is 0 Å². The smallest absolute Gasteiger partial charge is 0.123 e. The number of rotatable bonds is 2. The third kappa shape index (κ3) is 6.09. The lowest BCUT2D eigenvalue weighted by Gasteiger charge is -2.26. The van der Waals surface area contributed by atoms with Crippen molar-refractivity contribution in [3.8, 4) is 11.5 Å². The highest BCUT2D eigenvalue weighted by atomic mass is 16.3. The zero-order valence-electron chi connectivity index (χ0n) is 17.7. The quantitative estimate of drug-likeness (QED) is 0.615. The van der Waals surface area contributed by atoms with Crippen molar-refractivity contribution in [1.29, 1.82) is 0 Å². The van der Waals surface area contributed by atoms with Gasteiger partial charge in [0.25, 0.3) is 0 Å². The first-order valence-corrected chi connectivity index (χ1v) is 9.49. The van der Waals surface area contributed by atoms with Gasteiger partial charge in [0, 0.05) is 0 Å². The number of benzene rings is 2. The molecule has 0 saturated carbocycles. The van der Waals surface area contributed by atoms with Gasteiger partial charge in [-0.1, -0.05) is 85.7 Å². The van der Waals surface area contributed by atoms with Gasteiger partial charge in [-0.2, -0.15) is 0 Å². The molecule has 2 rings (SSSR count). The zero-order valence-corrected chi connectivity index (χ0v) is 17.7. The van der Waals surface area contributed by atoms with E-state index in [9.17, 15) is 5.11 Å². The highest BCUT2D eigenvalue weighted by Crippen LogP contribution is 2.38. The van der Waals surface area contributed by atoms with Crippen LogP contribution in [0.3, 0.4) is 0 Å². The molecule has 2 aromatic rings. The Hall–Kier alpha value is -1.96. The predicted molar refractivity (Wildman–Crippen MR) is 112 cm³/mol. The van der Waals surface area contributed by atoms with E-state index in [0.29, 0.717) is 17.4 Å². The topological polar surface area (TPSA) is 40.5 Å². The molecule has 0 heterocycles. The molecule has 144 valence electrons. The van der Waals surface area contributed by atoms with Gasteiger partial charge < -0.3 is 10.2 Å². The molecule has 0 fully saturated rings. The summed E-state index contributed by atoms with van der Waals surface area (Å²) in [4.78, 5) is 0. The van der Waals surface area contributed by atoms with Crippen LogP contribution in [-0.4, -0.2) is 10.2 Å². The molecular weight excluding hydrogens is 320 g/mol. The summed E-state index contributed by atoms with van der Waals surface area (Å²) in [5.41, 5.74) is 3.33. The second-order valence-electron chi connectivity index (χ2n) is 9.10. The maximum absolute atomic E-state index is 10.3. The maximum Gasteiger partial charge on any atom is 0.123 e. The molecule has 0 radical (unpaired) electrons. The summed E-state index contributed by atoms with van der Waals surface area (Å²) < 4.78 is 0. The molecule has 0 amide bonds. The number of hydrogen-bond acceptors (Lipinski definition) is 2. The Balaban J connectivity index is 0.000000273. The van der Waals surface area contributed by atoms with Gasteiger partial charge in [0.15, 0.2) is 0 Å². The minimum Gasteiger partial charge on any atom is -0.508 e. The lowest BCUT2D eigenvalue weighted by molar-refractivity contribution is 0.423. The van der Waals surface area contributed by atoms with E-state index in [0.717, 1.165) is 17.5 Å². The molecule has 2 heteroatoms. The van der Waals surface area contributed by atoms with Crippen LogP contribution in [0.4, 0.5) is 0 Å². The minimum atomic E-state index is -0.00859. The molecule has 0 aliphatic rings. The highest BCUT2D eigenvalue weighted by molar-refractivity contribution is 5.46. The van der Waals surface area contributed by atoms with E-state index in [1.807, 2.05) is 30.3 Å². The van der Waals surface area contributed by atoms with Crippen LogP contribution in [0.15, 0.2) is 42.5 Å². The van der Waals surface area contributed by atoms with Crippen LogP contribution in [0.5, 0.6) is 11.5 Å². The molecule has 2 aromatic carbocycles. The molecule has 0 aromatic heterocycles. The SMILES string of the molecule is CC(C)(C)c1cccc(C(C)(C)C)c1O.CCC(C)c1ccc(O)cc1. The average Bonchev–Trinajstić information content (AvgIpc) is 2.53. The number of hydrogen-bond donors (Lipinski definition) is 2. The van der Waals surface area contributed by atoms with E-state index in [4.69, 9.17) is 5.11 Å². The molecule has 0 aliphatic carbocycles. The lowest BCUT2D eigenvalue weighted by atomic mass is 9.80. The predicted octanol–water partition coefficient (Wildman–Crippen LogP) is 6.89. The normalized spacial score (nSPS) is 12.9. The van der Waals surface area contributed by atoms with Crippen LogP contribution in [0.25, 0.3) is 0 Å². The lowest BCUT2D eigenvalue weighted by Crippen LogP contribution is -2.16. The molecule has 0 aliphatic heterocycles. The second-order valence-corrected chi connectivity index (χ2v) is 9.10. The monoisotopic (exact) mass is 356 g/mol. The molecular formula is C24H36O2. The van der Waals surface area contributed by atoms with Crippen molar-refractivity contribution >= 4 is 0 Å². The second kappa shape index (κ2) is 8.62. The summed E-state index contributed by atoms with van der Waals surface area (Å²) in [6, 6.07) is 13.5. The Morgan fingerprint density at radius 2 is 1.19 bits per heavy atom. The van der Waals surface area contributed by atoms with E-state index in [-0.39, 0.29) is 10.8 Å². The van der Waals surface area contributed by atoms with Crippen molar-refractivity contribution < 1.29 is 10.2 Å². The zero-order chi connectivity index (χ0) is 20.1. The number of para-hydroxylation sites is 1. The van der Waals surface area contributed by atoms with Crippen molar-refractivity contribution in [1.82, 2.24) is 0 Å². The molecule has 2 nitrogen and oxygen atoms in total. The summed E-state index contributed by atoms with van der Waals surface area (Å²) >= 11 is 0. The number of phenolic OH excluding ortho intramolecular Hbond substituents is 2. The van der Waals surface area contributed by atoms with Crippen LogP contribution in [0.1, 0.15) is 84.4 Å². The third-order valence-corrected chi connectivity index (χ3v) is 4.73. The molecule has 1 atom stereocenters. The van der Waals surface area contributed by atoms with Crippen molar-refractivity contribution in [2.24, 2.45) is 0 Å². The molecule has 0 bridgehead atoms. The van der Waals surface area contributed by atoms with E-state index in [1.165, 1.54) is 5.56 Å². The Labute approximate surface area is 159 Å². The molecule has 0 spiro atoms. The summed E-state index contributed by atoms with van der Waals surface area (Å²) in [6.07, 6.45) is 1.14. The number of phenols is 2. The third-order valence-electron chi connectivity index (χ3n) is 4.73. The van der Waals surface area contributed by atoms with Gasteiger partial charge in [0.05, 0.1) is 0 Å². The fourth-order valence-electron chi connectivity index (χ4n) is 2.79. The van der Waals surface area contributed by atoms with Crippen LogP contribution in [0.2, 0.25) is 0 Å². The summed E-state index contributed by atoms with van der Waals surface area (Å²) in [7, 11) is 0. The van der Waals surface area contributed by atoms with Crippen LogP contribution in [0, 0.1) is 0 Å². The Bertz CT molecular complexity index is 653. The van der Waals surface area contributed by atoms with Gasteiger partial charge in [-0.3, -0.25) is 0 Å². The van der Waals surface area contributed by atoms with Gasteiger partial charge in [-0.15, -0.1) is 0 Å². The first-order chi connectivity index (χ1) is 11.9. The summed E-state index contributed by atoms with van der Waals surface area (Å²) in [6.45, 7) is 17.1. The Morgan fingerprint density at radius 1 is 0.769 bits per heavy atom. The van der Waals surface area contributed by atoms with Gasteiger partial charge in [-0.25, -0.2) is 0 Å². The first kappa shape index (κ1) is 22.1. The maximum atomic E-state index is 10.3. The minimum absolute atomic E-state index is 0.00859.